The van der Waals surface area contributed by atoms with E-state index in [1.165, 1.54) is 7.11 Å². The number of methoxy groups -OCH3 is 1. The monoisotopic (exact) mass is 273 g/mol. The summed E-state index contributed by atoms with van der Waals surface area (Å²) in [5, 5.41) is -0.584. The number of rotatable bonds is 7. The van der Waals surface area contributed by atoms with Gasteiger partial charge in [-0.1, -0.05) is 0 Å². The standard InChI is InChI=1S/C8H21N2O4S2/c1-10(2,3)7-15(9,11)8-16(12,13)6-5-14-4/h9H,5-8H2,1-4H3/q+1. The lowest BCUT2D eigenvalue weighted by atomic mass is 10.8. The van der Waals surface area contributed by atoms with Gasteiger partial charge in [0, 0.05) is 7.11 Å². The van der Waals surface area contributed by atoms with E-state index in [-0.39, 0.29) is 18.2 Å². The van der Waals surface area contributed by atoms with Crippen molar-refractivity contribution < 1.29 is 21.8 Å². The van der Waals surface area contributed by atoms with Crippen LogP contribution in [0, 0.1) is 4.78 Å². The van der Waals surface area contributed by atoms with E-state index in [0.29, 0.717) is 4.48 Å². The summed E-state index contributed by atoms with van der Waals surface area (Å²) in [6.45, 7) is 0.0717. The molecule has 16 heavy (non-hydrogen) atoms. The van der Waals surface area contributed by atoms with Crippen LogP contribution in [0.1, 0.15) is 0 Å². The molecule has 8 heteroatoms. The highest BCUT2D eigenvalue weighted by Gasteiger charge is 2.24. The Balaban J connectivity index is 4.60. The Morgan fingerprint density at radius 3 is 2.06 bits per heavy atom. The minimum absolute atomic E-state index is 0.0270. The van der Waals surface area contributed by atoms with Crippen molar-refractivity contribution in [2.45, 2.75) is 0 Å². The molecule has 1 unspecified atom stereocenters. The van der Waals surface area contributed by atoms with Crippen LogP contribution in [0.3, 0.4) is 0 Å². The highest BCUT2D eigenvalue weighted by Crippen LogP contribution is 2.05. The van der Waals surface area contributed by atoms with E-state index in [9.17, 15) is 12.6 Å². The van der Waals surface area contributed by atoms with Gasteiger partial charge < -0.3 is 9.22 Å². The van der Waals surface area contributed by atoms with Gasteiger partial charge in [-0.05, 0) is 0 Å². The van der Waals surface area contributed by atoms with Crippen LogP contribution in [0.2, 0.25) is 0 Å². The van der Waals surface area contributed by atoms with Crippen LogP contribution < -0.4 is 0 Å². The number of quaternary nitrogens is 1. The minimum atomic E-state index is -3.47. The Labute approximate surface area is 98.1 Å². The first-order chi connectivity index (χ1) is 6.97. The maximum absolute atomic E-state index is 11.8. The van der Waals surface area contributed by atoms with Gasteiger partial charge in [-0.3, -0.25) is 0 Å². The van der Waals surface area contributed by atoms with Gasteiger partial charge in [-0.15, -0.1) is 0 Å². The molecule has 0 spiro atoms. The summed E-state index contributed by atoms with van der Waals surface area (Å²) >= 11 is 0. The van der Waals surface area contributed by atoms with Crippen molar-refractivity contribution in [1.82, 2.24) is 0 Å². The molecular formula is C8H21N2O4S2+. The summed E-state index contributed by atoms with van der Waals surface area (Å²) in [6, 6.07) is 0. The minimum Gasteiger partial charge on any atom is -0.384 e. The van der Waals surface area contributed by atoms with E-state index >= 15 is 0 Å². The van der Waals surface area contributed by atoms with Gasteiger partial charge >= 0.3 is 0 Å². The zero-order valence-electron chi connectivity index (χ0n) is 10.2. The average molecular weight is 273 g/mol. The van der Waals surface area contributed by atoms with Gasteiger partial charge in [0.1, 0.15) is 14.8 Å². The summed E-state index contributed by atoms with van der Waals surface area (Å²) in [4.78, 5) is 0. The number of hydrogen-bond donors (Lipinski definition) is 1. The van der Waals surface area contributed by atoms with Crippen LogP contribution in [0.15, 0.2) is 0 Å². The predicted molar refractivity (Wildman–Crippen MR) is 64.3 cm³/mol. The molecule has 0 aliphatic carbocycles. The molecule has 0 radical (unpaired) electrons. The Hall–Kier alpha value is -0.180. The van der Waals surface area contributed by atoms with E-state index in [1.54, 1.807) is 21.1 Å². The normalized spacial score (nSPS) is 17.0. The predicted octanol–water partition coefficient (Wildman–Crippen LogP) is -0.284. The first-order valence-electron chi connectivity index (χ1n) is 4.71. The Bertz CT molecular complexity index is 406. The maximum Gasteiger partial charge on any atom is 0.165 e. The molecule has 0 amide bonds. The van der Waals surface area contributed by atoms with Crippen LogP contribution in [0.5, 0.6) is 0 Å². The van der Waals surface area contributed by atoms with E-state index in [2.05, 4.69) is 4.74 Å². The smallest absolute Gasteiger partial charge is 0.165 e. The third-order valence-corrected chi connectivity index (χ3v) is 6.50. The molecule has 0 heterocycles. The molecule has 98 valence electrons. The number of sulfone groups is 1. The fourth-order valence-corrected chi connectivity index (χ4v) is 5.98. The number of ether oxygens (including phenoxy) is 1. The molecule has 0 saturated heterocycles. The van der Waals surface area contributed by atoms with Crippen LogP contribution in [-0.4, -0.2) is 68.7 Å². The van der Waals surface area contributed by atoms with Crippen molar-refractivity contribution in [3.05, 3.63) is 0 Å². The molecule has 0 aliphatic rings. The number of nitrogens with one attached hydrogen (secondary N) is 1. The first-order valence-corrected chi connectivity index (χ1v) is 8.43. The second kappa shape index (κ2) is 5.44. The topological polar surface area (TPSA) is 84.3 Å². The van der Waals surface area contributed by atoms with Crippen molar-refractivity contribution in [3.63, 3.8) is 0 Å². The van der Waals surface area contributed by atoms with E-state index in [1.807, 2.05) is 0 Å². The van der Waals surface area contributed by atoms with Gasteiger partial charge in [0.15, 0.2) is 15.7 Å². The number of hydrogen-bond acceptors (Lipinski definition) is 5. The Morgan fingerprint density at radius 1 is 1.19 bits per heavy atom. The van der Waals surface area contributed by atoms with Gasteiger partial charge in [0.2, 0.25) is 0 Å². The van der Waals surface area contributed by atoms with E-state index < -0.39 is 24.7 Å². The first kappa shape index (κ1) is 15.8. The SMILES string of the molecule is COCCS(=O)(=O)CS(=N)(=O)C[N+](C)(C)C. The summed E-state index contributed by atoms with van der Waals surface area (Å²) < 4.78 is 47.3. The molecule has 6 nitrogen and oxygen atoms in total. The lowest BCUT2D eigenvalue weighted by Gasteiger charge is -2.24. The van der Waals surface area contributed by atoms with Crippen LogP contribution in [0.4, 0.5) is 0 Å². The molecule has 0 saturated carbocycles. The molecule has 0 rings (SSSR count). The van der Waals surface area contributed by atoms with Crippen molar-refractivity contribution in [1.29, 1.82) is 4.78 Å². The lowest BCUT2D eigenvalue weighted by Crippen LogP contribution is -2.41. The Morgan fingerprint density at radius 2 is 1.69 bits per heavy atom. The summed E-state index contributed by atoms with van der Waals surface area (Å²) in [5.74, 6) is -0.157. The van der Waals surface area contributed by atoms with Gasteiger partial charge in [0.05, 0.1) is 33.5 Å². The van der Waals surface area contributed by atoms with Crippen LogP contribution in [-0.2, 0) is 24.3 Å². The van der Waals surface area contributed by atoms with E-state index in [4.69, 9.17) is 4.78 Å². The zero-order valence-corrected chi connectivity index (χ0v) is 11.9. The summed E-state index contributed by atoms with van der Waals surface area (Å²) in [7, 11) is 0.153. The fraction of sp³-hybridized carbons (Fsp3) is 1.00. The molecular weight excluding hydrogens is 252 g/mol. The molecule has 0 aromatic heterocycles. The van der Waals surface area contributed by atoms with E-state index in [0.717, 1.165) is 0 Å². The van der Waals surface area contributed by atoms with Gasteiger partial charge in [0.25, 0.3) is 0 Å². The highest BCUT2D eigenvalue weighted by molar-refractivity contribution is 8.08. The second-order valence-electron chi connectivity index (χ2n) is 4.79. The van der Waals surface area contributed by atoms with Gasteiger partial charge in [-0.25, -0.2) is 17.4 Å². The van der Waals surface area contributed by atoms with Crippen molar-refractivity contribution in [2.75, 3.05) is 51.6 Å². The fourth-order valence-electron chi connectivity index (χ4n) is 1.22. The third-order valence-electron chi connectivity index (χ3n) is 1.56. The van der Waals surface area contributed by atoms with Gasteiger partial charge in [-0.2, -0.15) is 0 Å². The summed E-state index contributed by atoms with van der Waals surface area (Å²) in [6.07, 6.45) is 0. The molecule has 0 fully saturated rings. The lowest BCUT2D eigenvalue weighted by molar-refractivity contribution is -0.857. The molecule has 1 atom stereocenters. The summed E-state index contributed by atoms with van der Waals surface area (Å²) in [5.41, 5.74) is 0. The number of nitrogens with zero attached hydrogens (tertiary/aromatic N) is 1. The molecule has 0 aromatic rings. The molecule has 0 bridgehead atoms. The average Bonchev–Trinajstić information content (AvgIpc) is 1.93. The molecule has 0 aliphatic heterocycles. The quantitative estimate of drug-likeness (QED) is 0.646. The zero-order chi connectivity index (χ0) is 13.0. The third kappa shape index (κ3) is 8.03. The Kier molecular flexibility index (Phi) is 5.37. The van der Waals surface area contributed by atoms with Crippen LogP contribution >= 0.6 is 0 Å². The highest BCUT2D eigenvalue weighted by atomic mass is 32.3. The second-order valence-corrected chi connectivity index (χ2v) is 9.51. The molecule has 0 aromatic carbocycles. The van der Waals surface area contributed by atoms with Crippen molar-refractivity contribution >= 4 is 19.6 Å². The maximum atomic E-state index is 11.8. The van der Waals surface area contributed by atoms with Crippen molar-refractivity contribution in [2.24, 2.45) is 0 Å². The van der Waals surface area contributed by atoms with Crippen LogP contribution in [0.25, 0.3) is 0 Å². The molecule has 1 N–H and O–H groups in total. The largest absolute Gasteiger partial charge is 0.384 e. The van der Waals surface area contributed by atoms with Crippen molar-refractivity contribution in [3.8, 4) is 0 Å².